The molecular weight excluding hydrogens is 1110 g/mol. The molecule has 5 atom stereocenters. The minimum atomic E-state index is -4.94. The van der Waals surface area contributed by atoms with Gasteiger partial charge in [0.25, 0.3) is 0 Å². The quantitative estimate of drug-likeness (QED) is 0.0222. The van der Waals surface area contributed by atoms with E-state index in [0.717, 1.165) is 102 Å². The van der Waals surface area contributed by atoms with Gasteiger partial charge < -0.3 is 33.8 Å². The molecule has 0 rings (SSSR count). The van der Waals surface area contributed by atoms with E-state index in [1.807, 2.05) is 0 Å². The van der Waals surface area contributed by atoms with Crippen LogP contribution >= 0.6 is 15.6 Å². The van der Waals surface area contributed by atoms with E-state index in [2.05, 4.69) is 34.6 Å². The Morgan fingerprint density at radius 3 is 0.810 bits per heavy atom. The summed E-state index contributed by atoms with van der Waals surface area (Å²) in [6.45, 7) is 7.14. The highest BCUT2D eigenvalue weighted by Crippen LogP contribution is 2.45. The zero-order chi connectivity index (χ0) is 62.0. The summed E-state index contributed by atoms with van der Waals surface area (Å²) in [5, 5.41) is 10.5. The summed E-state index contributed by atoms with van der Waals surface area (Å²) in [4.78, 5) is 72.0. The summed E-state index contributed by atoms with van der Waals surface area (Å²) in [5.41, 5.74) is 0. The molecule has 0 aliphatic rings. The van der Waals surface area contributed by atoms with Crippen LogP contribution in [0.2, 0.25) is 0 Å². The number of esters is 4. The topological polar surface area (TPSA) is 237 Å². The molecule has 19 heteroatoms. The van der Waals surface area contributed by atoms with Gasteiger partial charge in [0, 0.05) is 25.7 Å². The molecular formula is C65H126O17P2. The summed E-state index contributed by atoms with van der Waals surface area (Å²) < 4.78 is 67.8. The lowest BCUT2D eigenvalue weighted by molar-refractivity contribution is -0.161. The number of unbranched alkanes of at least 4 members (excludes halogenated alkanes) is 37. The Kier molecular flexibility index (Phi) is 57.4. The molecule has 0 radical (unpaired) electrons. The zero-order valence-electron chi connectivity index (χ0n) is 54.0. The van der Waals surface area contributed by atoms with Crippen LogP contribution in [-0.2, 0) is 65.4 Å². The van der Waals surface area contributed by atoms with Crippen LogP contribution in [0.4, 0.5) is 0 Å². The van der Waals surface area contributed by atoms with Gasteiger partial charge in [-0.25, -0.2) is 9.13 Å². The highest BCUT2D eigenvalue weighted by molar-refractivity contribution is 7.47. The Labute approximate surface area is 511 Å². The van der Waals surface area contributed by atoms with Crippen molar-refractivity contribution in [1.29, 1.82) is 0 Å². The molecule has 2 unspecified atom stereocenters. The van der Waals surface area contributed by atoms with Gasteiger partial charge in [0.2, 0.25) is 0 Å². The van der Waals surface area contributed by atoms with Gasteiger partial charge in [-0.3, -0.25) is 37.3 Å². The van der Waals surface area contributed by atoms with Crippen LogP contribution in [0.3, 0.4) is 0 Å². The Balaban J connectivity index is 5.15. The monoisotopic (exact) mass is 1240 g/mol. The molecule has 0 aliphatic carbocycles. The van der Waals surface area contributed by atoms with Crippen LogP contribution < -0.4 is 0 Å². The third-order valence-corrected chi connectivity index (χ3v) is 16.9. The highest BCUT2D eigenvalue weighted by atomic mass is 31.2. The van der Waals surface area contributed by atoms with Crippen LogP contribution in [-0.4, -0.2) is 96.7 Å². The molecule has 84 heavy (non-hydrogen) atoms. The number of aliphatic hydroxyl groups is 1. The largest absolute Gasteiger partial charge is 0.472 e. The molecule has 0 aromatic carbocycles. The maximum Gasteiger partial charge on any atom is 0.472 e. The van der Waals surface area contributed by atoms with E-state index in [1.165, 1.54) is 148 Å². The molecule has 0 heterocycles. The average Bonchev–Trinajstić information content (AvgIpc) is 3.59. The normalized spacial score (nSPS) is 14.2. The molecule has 0 amide bonds. The standard InChI is InChI=1S/C65H126O17P2/c1-6-9-12-15-17-19-25-30-34-39-44-49-63(68)76-55-61(82-65(70)51-46-41-36-32-28-24-22-21-23-27-29-33-38-42-47-58(4)5)57-80-84(73,74)78-53-59(66)52-77-83(71,72)79-56-60(54-75-62(67)48-43-37-14-11-8-3)81-64(69)50-45-40-35-31-26-20-18-16-13-10-7-2/h58-61,66H,6-57H2,1-5H3,(H,71,72)(H,73,74)/t59-,60+,61+/m0/s1. The molecule has 0 aliphatic heterocycles. The predicted octanol–water partition coefficient (Wildman–Crippen LogP) is 18.2. The van der Waals surface area contributed by atoms with E-state index < -0.39 is 97.5 Å². The number of hydrogen-bond donors (Lipinski definition) is 3. The third-order valence-electron chi connectivity index (χ3n) is 15.0. The van der Waals surface area contributed by atoms with Gasteiger partial charge in [0.15, 0.2) is 12.2 Å². The number of phosphoric ester groups is 2. The number of aliphatic hydroxyl groups excluding tert-OH is 1. The Bertz CT molecular complexity index is 1640. The Morgan fingerprint density at radius 2 is 0.548 bits per heavy atom. The van der Waals surface area contributed by atoms with Gasteiger partial charge >= 0.3 is 39.5 Å². The molecule has 0 saturated carbocycles. The Hall–Kier alpha value is -1.94. The smallest absolute Gasteiger partial charge is 0.462 e. The van der Waals surface area contributed by atoms with Crippen molar-refractivity contribution in [2.75, 3.05) is 39.6 Å². The van der Waals surface area contributed by atoms with Crippen molar-refractivity contribution in [3.05, 3.63) is 0 Å². The minimum Gasteiger partial charge on any atom is -0.462 e. The lowest BCUT2D eigenvalue weighted by Gasteiger charge is -2.21. The first-order valence-electron chi connectivity index (χ1n) is 34.1. The number of carbonyl (C=O) groups is 4. The highest BCUT2D eigenvalue weighted by Gasteiger charge is 2.30. The van der Waals surface area contributed by atoms with Gasteiger partial charge in [-0.05, 0) is 31.6 Å². The van der Waals surface area contributed by atoms with E-state index >= 15 is 0 Å². The average molecular weight is 1240 g/mol. The van der Waals surface area contributed by atoms with Gasteiger partial charge in [-0.1, -0.05) is 279 Å². The van der Waals surface area contributed by atoms with Crippen molar-refractivity contribution in [1.82, 2.24) is 0 Å². The molecule has 0 fully saturated rings. The van der Waals surface area contributed by atoms with Gasteiger partial charge in [0.1, 0.15) is 19.3 Å². The van der Waals surface area contributed by atoms with E-state index in [9.17, 15) is 43.2 Å². The Morgan fingerprint density at radius 1 is 0.321 bits per heavy atom. The first kappa shape index (κ1) is 82.1. The molecule has 0 saturated heterocycles. The lowest BCUT2D eigenvalue weighted by atomic mass is 10.0. The molecule has 0 aromatic heterocycles. The number of ether oxygens (including phenoxy) is 4. The lowest BCUT2D eigenvalue weighted by Crippen LogP contribution is -2.30. The number of carbonyl (C=O) groups excluding carboxylic acids is 4. The van der Waals surface area contributed by atoms with Crippen molar-refractivity contribution in [3.63, 3.8) is 0 Å². The van der Waals surface area contributed by atoms with Crippen molar-refractivity contribution in [3.8, 4) is 0 Å². The first-order valence-corrected chi connectivity index (χ1v) is 37.1. The van der Waals surface area contributed by atoms with E-state index in [1.54, 1.807) is 0 Å². The summed E-state index contributed by atoms with van der Waals surface area (Å²) in [6, 6.07) is 0. The van der Waals surface area contributed by atoms with Gasteiger partial charge in [-0.15, -0.1) is 0 Å². The van der Waals surface area contributed by atoms with E-state index in [-0.39, 0.29) is 25.7 Å². The van der Waals surface area contributed by atoms with Gasteiger partial charge in [-0.2, -0.15) is 0 Å². The van der Waals surface area contributed by atoms with Crippen molar-refractivity contribution >= 4 is 39.5 Å². The third kappa shape index (κ3) is 59.0. The van der Waals surface area contributed by atoms with Crippen molar-refractivity contribution < 1.29 is 80.2 Å². The summed E-state index contributed by atoms with van der Waals surface area (Å²) >= 11 is 0. The maximum atomic E-state index is 13.0. The summed E-state index contributed by atoms with van der Waals surface area (Å²) in [5.74, 6) is -1.34. The fourth-order valence-corrected chi connectivity index (χ4v) is 11.3. The number of hydrogen-bond acceptors (Lipinski definition) is 15. The second kappa shape index (κ2) is 58.7. The van der Waals surface area contributed by atoms with E-state index in [4.69, 9.17) is 37.0 Å². The second-order valence-corrected chi connectivity index (χ2v) is 26.9. The number of rotatable bonds is 65. The first-order chi connectivity index (χ1) is 40.5. The fraction of sp³-hybridized carbons (Fsp3) is 0.938. The van der Waals surface area contributed by atoms with E-state index in [0.29, 0.717) is 25.7 Å². The van der Waals surface area contributed by atoms with Crippen molar-refractivity contribution in [2.45, 2.75) is 348 Å². The molecule has 17 nitrogen and oxygen atoms in total. The molecule has 0 spiro atoms. The minimum absolute atomic E-state index is 0.106. The fourth-order valence-electron chi connectivity index (χ4n) is 9.76. The SMILES string of the molecule is CCCCCCCCCCCCCC(=O)OC[C@H](COP(=O)(O)OC[C@@H](O)COP(=O)(O)OC[C@@H](COC(=O)CCCCCCC)OC(=O)CCCCCCCCCCCCC)OC(=O)CCCCCCCCCCCCCCCCC(C)C. The predicted molar refractivity (Wildman–Crippen MR) is 335 cm³/mol. The van der Waals surface area contributed by atoms with Crippen LogP contribution in [0.15, 0.2) is 0 Å². The molecule has 0 aromatic rings. The molecule has 498 valence electrons. The van der Waals surface area contributed by atoms with Crippen molar-refractivity contribution in [2.24, 2.45) is 5.92 Å². The van der Waals surface area contributed by atoms with Crippen LogP contribution in [0, 0.1) is 5.92 Å². The van der Waals surface area contributed by atoms with Crippen LogP contribution in [0.25, 0.3) is 0 Å². The second-order valence-electron chi connectivity index (χ2n) is 24.0. The van der Waals surface area contributed by atoms with Crippen LogP contribution in [0.1, 0.15) is 330 Å². The maximum absolute atomic E-state index is 13.0. The number of phosphoric acid groups is 2. The molecule has 3 N–H and O–H groups in total. The van der Waals surface area contributed by atoms with Crippen LogP contribution in [0.5, 0.6) is 0 Å². The molecule has 0 bridgehead atoms. The summed E-state index contributed by atoms with van der Waals surface area (Å²) in [7, 11) is -9.88. The summed E-state index contributed by atoms with van der Waals surface area (Å²) in [6.07, 6.45) is 43.3. The zero-order valence-corrected chi connectivity index (χ0v) is 55.8. The van der Waals surface area contributed by atoms with Gasteiger partial charge in [0.05, 0.1) is 26.4 Å².